The lowest BCUT2D eigenvalue weighted by atomic mass is 9.81. The zero-order valence-electron chi connectivity index (χ0n) is 15.9. The molecule has 0 aromatic carbocycles. The van der Waals surface area contributed by atoms with Gasteiger partial charge in [-0.25, -0.2) is 14.2 Å². The van der Waals surface area contributed by atoms with E-state index >= 15 is 0 Å². The largest absolute Gasteiger partial charge is 0.490 e. The number of nitrogens with zero attached hydrogens (tertiary/aromatic N) is 3. The third-order valence-electron chi connectivity index (χ3n) is 5.67. The number of aliphatic carboxylic acids is 1. The number of thiazole rings is 1. The Morgan fingerprint density at radius 3 is 2.17 bits per heavy atom. The monoisotopic (exact) mass is 437 g/mol. The van der Waals surface area contributed by atoms with E-state index in [4.69, 9.17) is 9.90 Å². The summed E-state index contributed by atoms with van der Waals surface area (Å²) >= 11 is 1.69. The number of carboxylic acid groups (broad SMARTS) is 1. The predicted octanol–water partition coefficient (Wildman–Crippen LogP) is 2.87. The van der Waals surface area contributed by atoms with Crippen LogP contribution in [0.3, 0.4) is 0 Å². The number of rotatable bonds is 3. The molecule has 3 heterocycles. The summed E-state index contributed by atoms with van der Waals surface area (Å²) in [4.78, 5) is 29.9. The summed E-state index contributed by atoms with van der Waals surface area (Å²) in [5.41, 5.74) is -0.385. The number of halogens is 4. The lowest BCUT2D eigenvalue weighted by Gasteiger charge is -2.36. The highest BCUT2D eigenvalue weighted by molar-refractivity contribution is 7.09. The highest BCUT2D eigenvalue weighted by Gasteiger charge is 2.50. The lowest BCUT2D eigenvalue weighted by Crippen LogP contribution is -2.50. The molecule has 0 radical (unpaired) electrons. The summed E-state index contributed by atoms with van der Waals surface area (Å²) in [5, 5.41) is 10.4. The van der Waals surface area contributed by atoms with Crippen molar-refractivity contribution >= 4 is 23.2 Å². The van der Waals surface area contributed by atoms with E-state index in [0.717, 1.165) is 49.8 Å². The molecule has 1 saturated carbocycles. The molecule has 3 aliphatic rings. The summed E-state index contributed by atoms with van der Waals surface area (Å²) in [6.45, 7) is 6.42. The molecule has 2 unspecified atom stereocenters. The second-order valence-corrected chi connectivity index (χ2v) is 8.97. The van der Waals surface area contributed by atoms with Gasteiger partial charge in [-0.05, 0) is 38.0 Å². The quantitative estimate of drug-likeness (QED) is 0.737. The van der Waals surface area contributed by atoms with Gasteiger partial charge in [-0.1, -0.05) is 0 Å². The fourth-order valence-corrected chi connectivity index (χ4v) is 4.68. The molecule has 0 spiro atoms. The van der Waals surface area contributed by atoms with E-state index in [1.807, 2.05) is 6.92 Å². The number of carbonyl (C=O) groups is 2. The number of hydrogen-bond donors (Lipinski definition) is 1. The first-order chi connectivity index (χ1) is 13.5. The Balaban J connectivity index is 0.000000298. The van der Waals surface area contributed by atoms with E-state index < -0.39 is 17.8 Å². The van der Waals surface area contributed by atoms with Crippen LogP contribution in [0, 0.1) is 18.8 Å². The molecule has 1 N–H and O–H groups in total. The average Bonchev–Trinajstić information content (AvgIpc) is 3.26. The van der Waals surface area contributed by atoms with Crippen molar-refractivity contribution in [3.05, 3.63) is 16.1 Å². The molecule has 1 aromatic rings. The topological polar surface area (TPSA) is 73.7 Å². The van der Waals surface area contributed by atoms with Crippen LogP contribution in [0.2, 0.25) is 0 Å². The van der Waals surface area contributed by atoms with Crippen molar-refractivity contribution in [2.75, 3.05) is 26.2 Å². The van der Waals surface area contributed by atoms with Gasteiger partial charge in [0.15, 0.2) is 5.67 Å². The molecule has 1 amide bonds. The molecule has 0 bridgehead atoms. The van der Waals surface area contributed by atoms with Gasteiger partial charge in [0.25, 0.3) is 5.91 Å². The summed E-state index contributed by atoms with van der Waals surface area (Å²) < 4.78 is 46.0. The van der Waals surface area contributed by atoms with Crippen LogP contribution in [0.1, 0.15) is 30.0 Å². The summed E-state index contributed by atoms with van der Waals surface area (Å²) in [6, 6.07) is 0. The predicted molar refractivity (Wildman–Crippen MR) is 97.1 cm³/mol. The number of aromatic nitrogens is 1. The average molecular weight is 437 g/mol. The van der Waals surface area contributed by atoms with Gasteiger partial charge in [0, 0.05) is 38.1 Å². The van der Waals surface area contributed by atoms with Crippen molar-refractivity contribution in [1.82, 2.24) is 14.8 Å². The highest BCUT2D eigenvalue weighted by atomic mass is 32.1. The Morgan fingerprint density at radius 2 is 1.79 bits per heavy atom. The Labute approximate surface area is 169 Å². The summed E-state index contributed by atoms with van der Waals surface area (Å²) in [6.07, 6.45) is -3.39. The van der Waals surface area contributed by atoms with Crippen LogP contribution >= 0.6 is 11.3 Å². The van der Waals surface area contributed by atoms with Gasteiger partial charge in [-0.3, -0.25) is 9.69 Å². The van der Waals surface area contributed by atoms with Crippen molar-refractivity contribution in [3.8, 4) is 0 Å². The lowest BCUT2D eigenvalue weighted by molar-refractivity contribution is -0.192. The van der Waals surface area contributed by atoms with Crippen LogP contribution in [0.25, 0.3) is 0 Å². The first-order valence-electron chi connectivity index (χ1n) is 9.40. The second-order valence-electron chi connectivity index (χ2n) is 7.90. The molecule has 2 saturated heterocycles. The normalized spacial score (nSPS) is 25.8. The number of aryl methyl sites for hydroxylation is 1. The Bertz CT molecular complexity index is 752. The van der Waals surface area contributed by atoms with Crippen LogP contribution in [-0.4, -0.2) is 69.8 Å². The number of carboxylic acids is 1. The van der Waals surface area contributed by atoms with Crippen molar-refractivity contribution in [3.63, 3.8) is 0 Å². The molecule has 162 valence electrons. The number of alkyl halides is 4. The molecule has 4 rings (SSSR count). The first-order valence-corrected chi connectivity index (χ1v) is 10.3. The fourth-order valence-electron chi connectivity index (χ4n) is 4.08. The third kappa shape index (κ3) is 5.06. The molecular weight excluding hydrogens is 414 g/mol. The highest BCUT2D eigenvalue weighted by Crippen LogP contribution is 2.40. The van der Waals surface area contributed by atoms with Gasteiger partial charge in [0.1, 0.15) is 0 Å². The van der Waals surface area contributed by atoms with Crippen LogP contribution < -0.4 is 0 Å². The Hall–Kier alpha value is -1.75. The van der Waals surface area contributed by atoms with Crippen molar-refractivity contribution in [2.45, 2.75) is 44.6 Å². The molecule has 2 atom stereocenters. The van der Waals surface area contributed by atoms with E-state index in [1.54, 1.807) is 16.2 Å². The summed E-state index contributed by atoms with van der Waals surface area (Å²) in [7, 11) is 0. The maximum atomic E-state index is 14.3. The zero-order valence-corrected chi connectivity index (χ0v) is 16.7. The molecular formula is C18H23F4N3O3S. The second kappa shape index (κ2) is 8.17. The van der Waals surface area contributed by atoms with E-state index in [-0.39, 0.29) is 5.91 Å². The number of amides is 1. The molecule has 6 nitrogen and oxygen atoms in total. The molecule has 3 fully saturated rings. The van der Waals surface area contributed by atoms with Crippen molar-refractivity contribution < 1.29 is 32.3 Å². The maximum absolute atomic E-state index is 14.3. The fraction of sp³-hybridized carbons (Fsp3) is 0.722. The zero-order chi connectivity index (χ0) is 21.4. The minimum Gasteiger partial charge on any atom is -0.475 e. The van der Waals surface area contributed by atoms with Gasteiger partial charge in [0.05, 0.1) is 10.7 Å². The first kappa shape index (κ1) is 21.9. The van der Waals surface area contributed by atoms with Crippen LogP contribution in [0.5, 0.6) is 0 Å². The summed E-state index contributed by atoms with van der Waals surface area (Å²) in [5.74, 6) is -1.98. The molecule has 2 aliphatic heterocycles. The van der Waals surface area contributed by atoms with E-state index in [2.05, 4.69) is 15.3 Å². The van der Waals surface area contributed by atoms with Gasteiger partial charge >= 0.3 is 12.1 Å². The van der Waals surface area contributed by atoms with E-state index in [9.17, 15) is 22.4 Å². The Morgan fingerprint density at radius 1 is 1.24 bits per heavy atom. The van der Waals surface area contributed by atoms with Gasteiger partial charge in [-0.15, -0.1) is 11.3 Å². The standard InChI is InChI=1S/C16H22FN3OS.C2HF3O2/c1-11-18-14(10-22-11)9-19-5-12-7-20(8-13(12)6-19)15(21)16(17)3-2-4-16;3-2(4,5)1(6)7/h10,12-13H,2-9H2,1H3;(H,6,7). The minimum atomic E-state index is -5.08. The van der Waals surface area contributed by atoms with Crippen LogP contribution in [0.15, 0.2) is 5.38 Å². The van der Waals surface area contributed by atoms with E-state index in [1.165, 1.54) is 0 Å². The number of likely N-dealkylation sites (tertiary alicyclic amines) is 2. The number of fused-ring (bicyclic) bond motifs is 1. The number of carbonyl (C=O) groups excluding carboxylic acids is 1. The molecule has 1 aliphatic carbocycles. The van der Waals surface area contributed by atoms with E-state index in [0.29, 0.717) is 24.7 Å². The van der Waals surface area contributed by atoms with Crippen LogP contribution in [0.4, 0.5) is 17.6 Å². The SMILES string of the molecule is Cc1nc(CN2CC3CN(C(=O)C4(F)CCC4)CC3C2)cs1.O=C(O)C(F)(F)F. The van der Waals surface area contributed by atoms with Crippen LogP contribution in [-0.2, 0) is 16.1 Å². The third-order valence-corrected chi connectivity index (χ3v) is 6.50. The maximum Gasteiger partial charge on any atom is 0.490 e. The van der Waals surface area contributed by atoms with Crippen molar-refractivity contribution in [1.29, 1.82) is 0 Å². The van der Waals surface area contributed by atoms with Crippen molar-refractivity contribution in [2.24, 2.45) is 11.8 Å². The Kier molecular flexibility index (Phi) is 6.19. The number of hydrogen-bond acceptors (Lipinski definition) is 5. The minimum absolute atomic E-state index is 0.241. The smallest absolute Gasteiger partial charge is 0.475 e. The van der Waals surface area contributed by atoms with Gasteiger partial charge < -0.3 is 10.0 Å². The molecule has 11 heteroatoms. The molecule has 1 aromatic heterocycles. The van der Waals surface area contributed by atoms with Gasteiger partial charge in [-0.2, -0.15) is 13.2 Å². The van der Waals surface area contributed by atoms with Gasteiger partial charge in [0.2, 0.25) is 0 Å². The molecule has 29 heavy (non-hydrogen) atoms.